The molecule has 0 bridgehead atoms. The molecule has 11 heteroatoms. The molecule has 0 aromatic heterocycles. The van der Waals surface area contributed by atoms with Crippen molar-refractivity contribution >= 4 is 5.91 Å². The third kappa shape index (κ3) is 60.0. The first kappa shape index (κ1) is 92.8. The van der Waals surface area contributed by atoms with E-state index >= 15 is 0 Å². The van der Waals surface area contributed by atoms with E-state index in [0.717, 1.165) is 51.4 Å². The maximum Gasteiger partial charge on any atom is 0.249 e. The molecule has 1 aliphatic heterocycles. The minimum absolute atomic E-state index is 0.241. The monoisotopic (exact) mass is 1370 g/mol. The van der Waals surface area contributed by atoms with Gasteiger partial charge in [-0.3, -0.25) is 4.79 Å². The van der Waals surface area contributed by atoms with Crippen LogP contribution >= 0.6 is 0 Å². The van der Waals surface area contributed by atoms with Crippen molar-refractivity contribution in [3.8, 4) is 0 Å². The van der Waals surface area contributed by atoms with E-state index in [1.807, 2.05) is 0 Å². The van der Waals surface area contributed by atoms with E-state index in [-0.39, 0.29) is 12.8 Å². The number of hydrogen-bond donors (Lipinski definition) is 8. The summed E-state index contributed by atoms with van der Waals surface area (Å²) < 4.78 is 11.2. The molecule has 1 rings (SSSR count). The predicted octanol–water partition coefficient (Wildman–Crippen LogP) is 22.4. The van der Waals surface area contributed by atoms with E-state index in [2.05, 4.69) is 79.9 Å². The van der Waals surface area contributed by atoms with Crippen LogP contribution in [0.1, 0.15) is 412 Å². The molecular formula is C86H161NO10. The third-order valence-corrected chi connectivity index (χ3v) is 20.2. The molecule has 0 saturated carbocycles. The Hall–Kier alpha value is -2.19. The molecule has 570 valence electrons. The van der Waals surface area contributed by atoms with Crippen LogP contribution < -0.4 is 5.32 Å². The van der Waals surface area contributed by atoms with Crippen molar-refractivity contribution in [3.05, 3.63) is 60.8 Å². The molecule has 8 N–H and O–H groups in total. The number of ether oxygens (including phenoxy) is 2. The first-order valence-electron chi connectivity index (χ1n) is 42.2. The predicted molar refractivity (Wildman–Crippen MR) is 413 cm³/mol. The molecule has 0 spiro atoms. The summed E-state index contributed by atoms with van der Waals surface area (Å²) in [6, 6.07) is -1.20. The second-order valence-corrected chi connectivity index (χ2v) is 29.5. The van der Waals surface area contributed by atoms with Gasteiger partial charge < -0.3 is 50.5 Å². The van der Waals surface area contributed by atoms with Crippen molar-refractivity contribution in [1.29, 1.82) is 0 Å². The third-order valence-electron chi connectivity index (χ3n) is 20.2. The standard InChI is InChI=1S/C86H161NO10/c1-3-5-7-9-11-13-15-17-19-21-23-25-27-29-31-33-35-37-38-39-40-41-42-44-46-48-50-52-54-56-58-60-62-64-66-68-70-72-74-79(90)85(95)87-77(76-96-86-84(94)83(93)82(92)80(75-88)97-86)81(91)78(89)73-71-69-67-65-63-61-59-57-55-53-51-49-47-45-43-36-34-32-30-28-26-24-22-20-18-16-14-12-10-8-6-4-2/h35,37,39-40,49,51,57,59,65,67,77-84,86,88-94H,3-34,36,38,41-48,50,52-56,58,60-64,66,68-76H2,1-2H3,(H,87,95)/b37-35-,40-39-,51-49+,59-57+,67-65+. The Kier molecular flexibility index (Phi) is 70.4. The number of carbonyl (C=O) groups excluding carboxylic acids is 1. The van der Waals surface area contributed by atoms with Gasteiger partial charge in [0.05, 0.1) is 25.4 Å². The topological polar surface area (TPSA) is 189 Å². The zero-order valence-electron chi connectivity index (χ0n) is 63.6. The highest BCUT2D eigenvalue weighted by atomic mass is 16.7. The zero-order valence-corrected chi connectivity index (χ0v) is 63.6. The number of allylic oxidation sites excluding steroid dienone is 10. The van der Waals surface area contributed by atoms with Crippen LogP contribution in [0.15, 0.2) is 60.8 Å². The molecule has 0 aromatic rings. The fraction of sp³-hybridized carbons (Fsp3) is 0.872. The van der Waals surface area contributed by atoms with Crippen LogP contribution in [0.4, 0.5) is 0 Å². The molecular weight excluding hydrogens is 1210 g/mol. The van der Waals surface area contributed by atoms with Crippen molar-refractivity contribution in [1.82, 2.24) is 5.32 Å². The summed E-state index contributed by atoms with van der Waals surface area (Å²) in [5.74, 6) is -0.708. The molecule has 0 aromatic carbocycles. The summed E-state index contributed by atoms with van der Waals surface area (Å²) in [6.45, 7) is 3.50. The van der Waals surface area contributed by atoms with Gasteiger partial charge in [-0.05, 0) is 96.3 Å². The van der Waals surface area contributed by atoms with Gasteiger partial charge in [0.1, 0.15) is 36.6 Å². The molecule has 1 saturated heterocycles. The van der Waals surface area contributed by atoms with Gasteiger partial charge >= 0.3 is 0 Å². The molecule has 1 heterocycles. The highest BCUT2D eigenvalue weighted by Gasteiger charge is 2.44. The van der Waals surface area contributed by atoms with Gasteiger partial charge in [-0.25, -0.2) is 0 Å². The van der Waals surface area contributed by atoms with Crippen molar-refractivity contribution < 1.29 is 50.0 Å². The Labute approximate surface area is 599 Å². The Morgan fingerprint density at radius 3 is 0.979 bits per heavy atom. The highest BCUT2D eigenvalue weighted by molar-refractivity contribution is 5.80. The van der Waals surface area contributed by atoms with E-state index in [0.29, 0.717) is 19.3 Å². The van der Waals surface area contributed by atoms with Gasteiger partial charge in [0.2, 0.25) is 5.91 Å². The Morgan fingerprint density at radius 1 is 0.361 bits per heavy atom. The molecule has 1 aliphatic rings. The van der Waals surface area contributed by atoms with Crippen LogP contribution in [0.5, 0.6) is 0 Å². The summed E-state index contributed by atoms with van der Waals surface area (Å²) in [7, 11) is 0. The summed E-state index contributed by atoms with van der Waals surface area (Å²) in [6.07, 6.45) is 89.3. The van der Waals surface area contributed by atoms with Crippen molar-refractivity contribution in [2.24, 2.45) is 0 Å². The second kappa shape index (κ2) is 73.6. The largest absolute Gasteiger partial charge is 0.394 e. The average Bonchev–Trinajstić information content (AvgIpc) is 0.827. The second-order valence-electron chi connectivity index (χ2n) is 29.5. The molecule has 0 radical (unpaired) electrons. The average molecular weight is 1370 g/mol. The van der Waals surface area contributed by atoms with Gasteiger partial charge in [-0.15, -0.1) is 0 Å². The lowest BCUT2D eigenvalue weighted by atomic mass is 9.98. The lowest BCUT2D eigenvalue weighted by molar-refractivity contribution is -0.303. The maximum atomic E-state index is 13.3. The van der Waals surface area contributed by atoms with Gasteiger partial charge in [0.25, 0.3) is 0 Å². The number of nitrogens with one attached hydrogen (secondary N) is 1. The lowest BCUT2D eigenvalue weighted by Crippen LogP contribution is -2.60. The summed E-state index contributed by atoms with van der Waals surface area (Å²) >= 11 is 0. The van der Waals surface area contributed by atoms with Gasteiger partial charge in [0.15, 0.2) is 6.29 Å². The van der Waals surface area contributed by atoms with Gasteiger partial charge in [0, 0.05) is 0 Å². The molecule has 1 fully saturated rings. The molecule has 9 unspecified atom stereocenters. The molecule has 0 aliphatic carbocycles. The van der Waals surface area contributed by atoms with Gasteiger partial charge in [-0.2, -0.15) is 0 Å². The fourth-order valence-corrected chi connectivity index (χ4v) is 13.6. The molecule has 97 heavy (non-hydrogen) atoms. The lowest BCUT2D eigenvalue weighted by Gasteiger charge is -2.40. The zero-order chi connectivity index (χ0) is 70.2. The SMILES string of the molecule is CCCCCCCCCCCCCCCCC/C=C\C/C=C\CCCCCCCCCCCCCCCCCCC(O)C(=O)NC(COC1OC(CO)C(O)C(O)C1O)C(O)C(O)CCC/C=C/CC/C=C/CC/C=C/CCCCCCCCCCCCCCCCCCCCC. The van der Waals surface area contributed by atoms with Crippen LogP contribution in [-0.4, -0.2) is 110 Å². The quantitative estimate of drug-likeness (QED) is 0.0215. The Morgan fingerprint density at radius 2 is 0.649 bits per heavy atom. The first-order valence-corrected chi connectivity index (χ1v) is 42.2. The van der Waals surface area contributed by atoms with Crippen molar-refractivity contribution in [2.75, 3.05) is 13.2 Å². The van der Waals surface area contributed by atoms with E-state index < -0.39 is 74.2 Å². The number of rotatable bonds is 75. The van der Waals surface area contributed by atoms with E-state index in [1.54, 1.807) is 0 Å². The summed E-state index contributed by atoms with van der Waals surface area (Å²) in [5.41, 5.74) is 0. The first-order chi connectivity index (χ1) is 47.7. The van der Waals surface area contributed by atoms with Crippen LogP contribution in [0.3, 0.4) is 0 Å². The highest BCUT2D eigenvalue weighted by Crippen LogP contribution is 2.24. The normalized spacial score (nSPS) is 18.3. The Bertz CT molecular complexity index is 1770. The van der Waals surface area contributed by atoms with E-state index in [4.69, 9.17) is 9.47 Å². The number of aliphatic hydroxyl groups is 7. The summed E-state index contributed by atoms with van der Waals surface area (Å²) in [4.78, 5) is 13.3. The number of aliphatic hydroxyl groups excluding tert-OH is 7. The number of hydrogen-bond acceptors (Lipinski definition) is 10. The van der Waals surface area contributed by atoms with E-state index in [9.17, 15) is 40.5 Å². The van der Waals surface area contributed by atoms with Crippen LogP contribution in [-0.2, 0) is 14.3 Å². The molecule has 11 nitrogen and oxygen atoms in total. The number of unbranched alkanes of at least 4 members (excludes halogenated alkanes) is 53. The van der Waals surface area contributed by atoms with Crippen molar-refractivity contribution in [2.45, 2.75) is 467 Å². The molecule has 1 amide bonds. The fourth-order valence-electron chi connectivity index (χ4n) is 13.6. The number of carbonyl (C=O) groups is 1. The van der Waals surface area contributed by atoms with Crippen LogP contribution in [0, 0.1) is 0 Å². The smallest absolute Gasteiger partial charge is 0.249 e. The minimum atomic E-state index is -1.68. The maximum absolute atomic E-state index is 13.3. The van der Waals surface area contributed by atoms with E-state index in [1.165, 1.54) is 315 Å². The number of amides is 1. The van der Waals surface area contributed by atoms with Crippen molar-refractivity contribution in [3.63, 3.8) is 0 Å². The Balaban J connectivity index is 2.14. The van der Waals surface area contributed by atoms with Gasteiger partial charge in [-0.1, -0.05) is 376 Å². The van der Waals surface area contributed by atoms with Crippen LogP contribution in [0.25, 0.3) is 0 Å². The minimum Gasteiger partial charge on any atom is -0.394 e. The van der Waals surface area contributed by atoms with Crippen LogP contribution in [0.2, 0.25) is 0 Å². The summed E-state index contributed by atoms with van der Waals surface area (Å²) in [5, 5.41) is 76.7. The molecule has 9 atom stereocenters.